The third-order valence-electron chi connectivity index (χ3n) is 8.53. The van der Waals surface area contributed by atoms with E-state index in [2.05, 4.69) is 47.6 Å². The summed E-state index contributed by atoms with van der Waals surface area (Å²) in [4.78, 5) is 12.4. The van der Waals surface area contributed by atoms with Gasteiger partial charge in [-0.1, -0.05) is 144 Å². The number of aromatic hydroxyl groups is 1. The summed E-state index contributed by atoms with van der Waals surface area (Å²) in [5.41, 5.74) is 4.15. The molecule has 0 fully saturated rings. The van der Waals surface area contributed by atoms with Crippen LogP contribution < -0.4 is 0 Å². The van der Waals surface area contributed by atoms with Gasteiger partial charge in [0, 0.05) is 12.0 Å². The molecule has 1 N–H and O–H groups in total. The molecule has 0 unspecified atom stereocenters. The van der Waals surface area contributed by atoms with Crippen molar-refractivity contribution in [1.82, 2.24) is 0 Å². The first-order valence-electron chi connectivity index (χ1n) is 16.9. The van der Waals surface area contributed by atoms with Crippen LogP contribution in [0.5, 0.6) is 5.75 Å². The molecular formula is C37H66O3. The fourth-order valence-corrected chi connectivity index (χ4v) is 6.31. The number of phenolic OH excluding ortho intramolecular Hbond substituents is 1. The number of phenols is 1. The predicted octanol–water partition coefficient (Wildman–Crippen LogP) is 11.5. The van der Waals surface area contributed by atoms with Crippen molar-refractivity contribution in [3.63, 3.8) is 0 Å². The maximum atomic E-state index is 12.4. The summed E-state index contributed by atoms with van der Waals surface area (Å²) in [6.07, 6.45) is 23.5. The first-order chi connectivity index (χ1) is 18.9. The van der Waals surface area contributed by atoms with Gasteiger partial charge in [0.15, 0.2) is 0 Å². The number of unbranched alkanes of at least 4 members (excludes halogenated alkanes) is 15. The largest absolute Gasteiger partial charge is 0.507 e. The third kappa shape index (κ3) is 15.5. The van der Waals surface area contributed by atoms with Crippen LogP contribution in [0.15, 0.2) is 6.07 Å². The first-order valence-corrected chi connectivity index (χ1v) is 16.9. The number of esters is 1. The van der Waals surface area contributed by atoms with Gasteiger partial charge >= 0.3 is 5.97 Å². The lowest BCUT2D eigenvalue weighted by atomic mass is 9.71. The number of aryl methyl sites for hydroxylation is 1. The highest BCUT2D eigenvalue weighted by molar-refractivity contribution is 5.70. The number of hydrogen-bond acceptors (Lipinski definition) is 3. The van der Waals surface area contributed by atoms with Gasteiger partial charge in [0.05, 0.1) is 6.61 Å². The highest BCUT2D eigenvalue weighted by Crippen LogP contribution is 2.42. The minimum atomic E-state index is -0.150. The molecule has 0 aliphatic carbocycles. The van der Waals surface area contributed by atoms with E-state index < -0.39 is 0 Å². The molecule has 232 valence electrons. The molecule has 1 aromatic rings. The molecule has 0 bridgehead atoms. The van der Waals surface area contributed by atoms with Gasteiger partial charge in [-0.2, -0.15) is 0 Å². The number of ether oxygens (including phenoxy) is 1. The maximum Gasteiger partial charge on any atom is 0.306 e. The summed E-state index contributed by atoms with van der Waals surface area (Å²) in [5, 5.41) is 10.9. The Morgan fingerprint density at radius 1 is 0.725 bits per heavy atom. The molecule has 40 heavy (non-hydrogen) atoms. The van der Waals surface area contributed by atoms with E-state index in [9.17, 15) is 9.90 Å². The lowest BCUT2D eigenvalue weighted by Gasteiger charge is -2.34. The Kier molecular flexibility index (Phi) is 17.9. The van der Waals surface area contributed by atoms with E-state index in [1.807, 2.05) is 13.8 Å². The molecule has 0 radical (unpaired) electrons. The molecule has 0 atom stereocenters. The minimum absolute atomic E-state index is 0.110. The SMILES string of the molecule is CCCCCCCCCCCCCCCCCCOC(=O)CCc1cc(C(C)(C)CC(C)(C)C)c(O)c(C)c1C. The summed E-state index contributed by atoms with van der Waals surface area (Å²) in [5.74, 6) is 0.295. The van der Waals surface area contributed by atoms with Crippen molar-refractivity contribution < 1.29 is 14.6 Å². The molecule has 1 rings (SSSR count). The Bertz CT molecular complexity index is 831. The zero-order valence-electron chi connectivity index (χ0n) is 28.0. The van der Waals surface area contributed by atoms with E-state index in [1.54, 1.807) is 0 Å². The monoisotopic (exact) mass is 559 g/mol. The summed E-state index contributed by atoms with van der Waals surface area (Å²) in [6, 6.07) is 2.13. The Labute approximate surface area is 249 Å². The van der Waals surface area contributed by atoms with Crippen molar-refractivity contribution in [1.29, 1.82) is 0 Å². The van der Waals surface area contributed by atoms with Crippen molar-refractivity contribution >= 4 is 5.97 Å². The second-order valence-electron chi connectivity index (χ2n) is 14.3. The number of rotatable bonds is 22. The smallest absolute Gasteiger partial charge is 0.306 e. The molecule has 0 heterocycles. The van der Waals surface area contributed by atoms with Crippen molar-refractivity contribution in [2.75, 3.05) is 6.61 Å². The molecular weight excluding hydrogens is 492 g/mol. The quantitative estimate of drug-likeness (QED) is 0.114. The Balaban J connectivity index is 2.20. The van der Waals surface area contributed by atoms with Gasteiger partial charge in [-0.3, -0.25) is 4.79 Å². The van der Waals surface area contributed by atoms with Gasteiger partial charge in [0.25, 0.3) is 0 Å². The van der Waals surface area contributed by atoms with E-state index in [1.165, 1.54) is 89.9 Å². The summed E-state index contributed by atoms with van der Waals surface area (Å²) in [7, 11) is 0. The van der Waals surface area contributed by atoms with E-state index >= 15 is 0 Å². The second-order valence-corrected chi connectivity index (χ2v) is 14.3. The molecule has 0 aromatic heterocycles. The third-order valence-corrected chi connectivity index (χ3v) is 8.53. The highest BCUT2D eigenvalue weighted by atomic mass is 16.5. The van der Waals surface area contributed by atoms with Gasteiger partial charge in [-0.15, -0.1) is 0 Å². The van der Waals surface area contributed by atoms with Crippen LogP contribution in [-0.4, -0.2) is 17.7 Å². The molecule has 0 saturated carbocycles. The zero-order valence-corrected chi connectivity index (χ0v) is 28.0. The van der Waals surface area contributed by atoms with Crippen LogP contribution in [-0.2, 0) is 21.4 Å². The van der Waals surface area contributed by atoms with E-state index in [0.29, 0.717) is 25.2 Å². The van der Waals surface area contributed by atoms with Crippen molar-refractivity contribution in [3.8, 4) is 5.75 Å². The summed E-state index contributed by atoms with van der Waals surface area (Å²) in [6.45, 7) is 18.0. The van der Waals surface area contributed by atoms with Crippen LogP contribution in [0, 0.1) is 19.3 Å². The number of hydrogen-bond donors (Lipinski definition) is 1. The van der Waals surface area contributed by atoms with Crippen molar-refractivity contribution in [2.24, 2.45) is 5.41 Å². The maximum absolute atomic E-state index is 12.4. The van der Waals surface area contributed by atoms with Crippen LogP contribution in [0.25, 0.3) is 0 Å². The van der Waals surface area contributed by atoms with Crippen LogP contribution in [0.2, 0.25) is 0 Å². The number of benzene rings is 1. The fraction of sp³-hybridized carbons (Fsp3) is 0.811. The zero-order chi connectivity index (χ0) is 30.0. The average Bonchev–Trinajstić information content (AvgIpc) is 2.87. The predicted molar refractivity (Wildman–Crippen MR) is 174 cm³/mol. The van der Waals surface area contributed by atoms with E-state index in [4.69, 9.17) is 4.74 Å². The lowest BCUT2D eigenvalue weighted by Crippen LogP contribution is -2.25. The molecule has 0 amide bonds. The van der Waals surface area contributed by atoms with Gasteiger partial charge < -0.3 is 9.84 Å². The summed E-state index contributed by atoms with van der Waals surface area (Å²) >= 11 is 0. The van der Waals surface area contributed by atoms with Crippen LogP contribution in [0.3, 0.4) is 0 Å². The van der Waals surface area contributed by atoms with Gasteiger partial charge in [-0.05, 0) is 60.6 Å². The Hall–Kier alpha value is -1.51. The highest BCUT2D eigenvalue weighted by Gasteiger charge is 2.31. The Morgan fingerprint density at radius 2 is 1.18 bits per heavy atom. The van der Waals surface area contributed by atoms with Gasteiger partial charge in [0.2, 0.25) is 0 Å². The molecule has 0 saturated heterocycles. The topological polar surface area (TPSA) is 46.5 Å². The van der Waals surface area contributed by atoms with Crippen LogP contribution in [0.4, 0.5) is 0 Å². The Morgan fingerprint density at radius 3 is 1.62 bits per heavy atom. The van der Waals surface area contributed by atoms with Crippen molar-refractivity contribution in [2.45, 2.75) is 183 Å². The second kappa shape index (κ2) is 19.6. The van der Waals surface area contributed by atoms with Gasteiger partial charge in [-0.25, -0.2) is 0 Å². The molecule has 3 nitrogen and oxygen atoms in total. The molecule has 3 heteroatoms. The van der Waals surface area contributed by atoms with Crippen molar-refractivity contribution in [3.05, 3.63) is 28.3 Å². The fourth-order valence-electron chi connectivity index (χ4n) is 6.31. The molecule has 0 aliphatic heterocycles. The lowest BCUT2D eigenvalue weighted by molar-refractivity contribution is -0.143. The number of carbonyl (C=O) groups is 1. The van der Waals surface area contributed by atoms with Crippen LogP contribution >= 0.6 is 0 Å². The van der Waals surface area contributed by atoms with Crippen LogP contribution in [0.1, 0.15) is 179 Å². The van der Waals surface area contributed by atoms with E-state index in [-0.39, 0.29) is 16.8 Å². The standard InChI is InChI=1S/C37H66O3/c1-9-10-11-12-13-14-15-16-17-18-19-20-21-22-23-24-27-40-34(38)26-25-32-28-33(35(39)31(3)30(32)2)37(7,8)29-36(4,5)6/h28,39H,9-27,29H2,1-8H3. The molecule has 1 aromatic carbocycles. The van der Waals surface area contributed by atoms with Gasteiger partial charge in [0.1, 0.15) is 5.75 Å². The molecule has 0 aliphatic rings. The molecule has 0 spiro atoms. The summed E-state index contributed by atoms with van der Waals surface area (Å²) < 4.78 is 5.55. The number of carbonyl (C=O) groups excluding carboxylic acids is 1. The normalized spacial score (nSPS) is 12.2. The average molecular weight is 559 g/mol. The first kappa shape index (κ1) is 36.5. The van der Waals surface area contributed by atoms with E-state index in [0.717, 1.165) is 41.5 Å². The minimum Gasteiger partial charge on any atom is -0.507 e.